The van der Waals surface area contributed by atoms with Crippen molar-refractivity contribution in [2.24, 2.45) is 5.92 Å². The number of carbonyl (C=O) groups excluding carboxylic acids is 1. The summed E-state index contributed by atoms with van der Waals surface area (Å²) in [6.45, 7) is 0. The molecule has 1 aliphatic carbocycles. The molecule has 1 fully saturated rings. The molecular weight excluding hydrogens is 232 g/mol. The molecule has 0 saturated heterocycles. The van der Waals surface area contributed by atoms with Crippen LogP contribution in [0.15, 0.2) is 0 Å². The molecule has 0 radical (unpaired) electrons. The molecule has 0 atom stereocenters. The fourth-order valence-corrected chi connectivity index (χ4v) is 2.58. The average Bonchev–Trinajstić information content (AvgIpc) is 2.24. The van der Waals surface area contributed by atoms with Gasteiger partial charge in [-0.2, -0.15) is 0 Å². The Balaban J connectivity index is 1.76. The summed E-state index contributed by atoms with van der Waals surface area (Å²) in [6.07, 6.45) is 14.6. The Morgan fingerprint density at radius 3 is 1.88 bits per heavy atom. The van der Waals surface area contributed by atoms with E-state index in [4.69, 9.17) is 11.6 Å². The van der Waals surface area contributed by atoms with E-state index in [0.717, 1.165) is 25.1 Å². The molecule has 0 aromatic rings. The van der Waals surface area contributed by atoms with E-state index >= 15 is 0 Å². The van der Waals surface area contributed by atoms with Crippen molar-refractivity contribution in [2.75, 3.05) is 5.88 Å². The van der Waals surface area contributed by atoms with Crippen molar-refractivity contribution < 1.29 is 4.79 Å². The number of ketones is 1. The van der Waals surface area contributed by atoms with E-state index in [9.17, 15) is 4.79 Å². The first-order valence-corrected chi connectivity index (χ1v) is 7.96. The Morgan fingerprint density at radius 1 is 0.882 bits per heavy atom. The van der Waals surface area contributed by atoms with Gasteiger partial charge in [0.05, 0.1) is 0 Å². The molecule has 100 valence electrons. The maximum atomic E-state index is 11.6. The van der Waals surface area contributed by atoms with Crippen LogP contribution in [0.5, 0.6) is 0 Å². The summed E-state index contributed by atoms with van der Waals surface area (Å²) in [7, 11) is 0. The lowest BCUT2D eigenvalue weighted by Crippen LogP contribution is -2.21. The summed E-state index contributed by atoms with van der Waals surface area (Å²) in [5.74, 6) is 1.80. The van der Waals surface area contributed by atoms with Crippen molar-refractivity contribution in [1.29, 1.82) is 0 Å². The number of alkyl halides is 1. The maximum Gasteiger partial charge on any atom is 0.135 e. The van der Waals surface area contributed by atoms with Gasteiger partial charge in [-0.15, -0.1) is 11.6 Å². The minimum atomic E-state index is 0.450. The SMILES string of the molecule is O=C(CCCCCCCCCCCl)C1CCC1. The van der Waals surface area contributed by atoms with E-state index in [-0.39, 0.29) is 0 Å². The van der Waals surface area contributed by atoms with Gasteiger partial charge in [-0.3, -0.25) is 4.79 Å². The zero-order valence-electron chi connectivity index (χ0n) is 11.1. The molecule has 0 unspecified atom stereocenters. The lowest BCUT2D eigenvalue weighted by molar-refractivity contribution is -0.125. The monoisotopic (exact) mass is 258 g/mol. The summed E-state index contributed by atoms with van der Waals surface area (Å²) in [4.78, 5) is 11.6. The van der Waals surface area contributed by atoms with Crippen molar-refractivity contribution in [3.63, 3.8) is 0 Å². The summed E-state index contributed by atoms with van der Waals surface area (Å²) in [6, 6.07) is 0. The molecule has 0 N–H and O–H groups in total. The molecule has 0 amide bonds. The molecule has 17 heavy (non-hydrogen) atoms. The summed E-state index contributed by atoms with van der Waals surface area (Å²) in [5.41, 5.74) is 0. The van der Waals surface area contributed by atoms with Gasteiger partial charge in [-0.05, 0) is 25.7 Å². The van der Waals surface area contributed by atoms with Gasteiger partial charge < -0.3 is 0 Å². The number of carbonyl (C=O) groups is 1. The van der Waals surface area contributed by atoms with Gasteiger partial charge in [0, 0.05) is 18.2 Å². The summed E-state index contributed by atoms with van der Waals surface area (Å²) in [5, 5.41) is 0. The first-order valence-electron chi connectivity index (χ1n) is 7.43. The Labute approximate surface area is 111 Å². The number of rotatable bonds is 11. The van der Waals surface area contributed by atoms with Crippen LogP contribution in [-0.4, -0.2) is 11.7 Å². The molecular formula is C15H27ClO. The molecule has 0 spiro atoms. The van der Waals surface area contributed by atoms with Crippen LogP contribution in [0.4, 0.5) is 0 Å². The number of unbranched alkanes of at least 4 members (excludes halogenated alkanes) is 7. The normalized spacial score (nSPS) is 15.8. The zero-order valence-corrected chi connectivity index (χ0v) is 11.8. The third-order valence-corrected chi connectivity index (χ3v) is 4.13. The summed E-state index contributed by atoms with van der Waals surface area (Å²) < 4.78 is 0. The van der Waals surface area contributed by atoms with Crippen molar-refractivity contribution in [1.82, 2.24) is 0 Å². The van der Waals surface area contributed by atoms with Crippen LogP contribution in [0.2, 0.25) is 0 Å². The van der Waals surface area contributed by atoms with E-state index < -0.39 is 0 Å². The van der Waals surface area contributed by atoms with Crippen LogP contribution in [0.25, 0.3) is 0 Å². The van der Waals surface area contributed by atoms with Gasteiger partial charge >= 0.3 is 0 Å². The zero-order chi connectivity index (χ0) is 12.3. The van der Waals surface area contributed by atoms with Crippen molar-refractivity contribution in [3.8, 4) is 0 Å². The molecule has 1 saturated carbocycles. The van der Waals surface area contributed by atoms with Crippen LogP contribution in [-0.2, 0) is 4.79 Å². The van der Waals surface area contributed by atoms with E-state index in [1.807, 2.05) is 0 Å². The molecule has 1 nitrogen and oxygen atoms in total. The summed E-state index contributed by atoms with van der Waals surface area (Å²) >= 11 is 5.62. The lowest BCUT2D eigenvalue weighted by atomic mass is 9.80. The highest BCUT2D eigenvalue weighted by Crippen LogP contribution is 2.28. The fraction of sp³-hybridized carbons (Fsp3) is 0.933. The Kier molecular flexibility index (Phi) is 8.78. The quantitative estimate of drug-likeness (QED) is 0.372. The second kappa shape index (κ2) is 9.94. The fourth-order valence-electron chi connectivity index (χ4n) is 2.39. The van der Waals surface area contributed by atoms with Gasteiger partial charge in [0.1, 0.15) is 5.78 Å². The van der Waals surface area contributed by atoms with Crippen molar-refractivity contribution in [2.45, 2.75) is 77.0 Å². The van der Waals surface area contributed by atoms with E-state index in [0.29, 0.717) is 11.7 Å². The molecule has 0 aromatic carbocycles. The molecule has 1 rings (SSSR count). The molecule has 1 aliphatic rings. The van der Waals surface area contributed by atoms with Gasteiger partial charge in [-0.25, -0.2) is 0 Å². The predicted octanol–water partition coefficient (Wildman–Crippen LogP) is 5.11. The smallest absolute Gasteiger partial charge is 0.135 e. The Hall–Kier alpha value is -0.0400. The Morgan fingerprint density at radius 2 is 1.41 bits per heavy atom. The number of hydrogen-bond acceptors (Lipinski definition) is 1. The lowest BCUT2D eigenvalue weighted by Gasteiger charge is -2.23. The third kappa shape index (κ3) is 7.08. The molecule has 0 bridgehead atoms. The van der Waals surface area contributed by atoms with Crippen LogP contribution >= 0.6 is 11.6 Å². The van der Waals surface area contributed by atoms with Crippen molar-refractivity contribution >= 4 is 17.4 Å². The molecule has 0 aromatic heterocycles. The van der Waals surface area contributed by atoms with E-state index in [1.54, 1.807) is 0 Å². The van der Waals surface area contributed by atoms with E-state index in [1.165, 1.54) is 57.8 Å². The first-order chi connectivity index (χ1) is 8.34. The van der Waals surface area contributed by atoms with E-state index in [2.05, 4.69) is 0 Å². The van der Waals surface area contributed by atoms with Gasteiger partial charge in [0.15, 0.2) is 0 Å². The highest BCUT2D eigenvalue weighted by atomic mass is 35.5. The minimum Gasteiger partial charge on any atom is -0.299 e. The van der Waals surface area contributed by atoms with Crippen LogP contribution < -0.4 is 0 Å². The first kappa shape index (κ1) is 15.0. The predicted molar refractivity (Wildman–Crippen MR) is 74.6 cm³/mol. The second-order valence-corrected chi connectivity index (χ2v) is 5.74. The van der Waals surface area contributed by atoms with Gasteiger partial charge in [-0.1, -0.05) is 44.9 Å². The Bertz CT molecular complexity index is 199. The maximum absolute atomic E-state index is 11.6. The molecule has 0 aliphatic heterocycles. The topological polar surface area (TPSA) is 17.1 Å². The standard InChI is InChI=1S/C15H27ClO/c16-13-8-6-4-2-1-3-5-7-12-15(17)14-10-9-11-14/h14H,1-13H2. The number of hydrogen-bond donors (Lipinski definition) is 0. The average molecular weight is 259 g/mol. The second-order valence-electron chi connectivity index (χ2n) is 5.36. The van der Waals surface area contributed by atoms with Crippen LogP contribution in [0.1, 0.15) is 77.0 Å². The highest BCUT2D eigenvalue weighted by Gasteiger charge is 2.23. The third-order valence-electron chi connectivity index (χ3n) is 3.87. The number of halogens is 1. The van der Waals surface area contributed by atoms with Gasteiger partial charge in [0.25, 0.3) is 0 Å². The molecule has 0 heterocycles. The van der Waals surface area contributed by atoms with Gasteiger partial charge in [0.2, 0.25) is 0 Å². The number of Topliss-reactive ketones (excluding diaryl/α,β-unsaturated/α-hetero) is 1. The van der Waals surface area contributed by atoms with Crippen LogP contribution in [0.3, 0.4) is 0 Å². The largest absolute Gasteiger partial charge is 0.299 e. The highest BCUT2D eigenvalue weighted by molar-refractivity contribution is 6.17. The van der Waals surface area contributed by atoms with Crippen LogP contribution in [0, 0.1) is 5.92 Å². The minimum absolute atomic E-state index is 0.450. The van der Waals surface area contributed by atoms with Crippen molar-refractivity contribution in [3.05, 3.63) is 0 Å². The molecule has 2 heteroatoms.